The van der Waals surface area contributed by atoms with E-state index in [4.69, 9.17) is 37.0 Å². The Balaban J connectivity index is 5.20. The van der Waals surface area contributed by atoms with Crippen LogP contribution in [0.15, 0.2) is 0 Å². The number of ether oxygens (including phenoxy) is 4. The van der Waals surface area contributed by atoms with Crippen molar-refractivity contribution in [3.05, 3.63) is 0 Å². The minimum absolute atomic E-state index is 0.108. The van der Waals surface area contributed by atoms with Gasteiger partial charge in [-0.3, -0.25) is 37.3 Å². The maximum absolute atomic E-state index is 13.1. The number of aliphatic hydroxyl groups is 1. The van der Waals surface area contributed by atoms with Crippen LogP contribution in [-0.4, -0.2) is 96.7 Å². The third-order valence-corrected chi connectivity index (χ3v) is 20.5. The Bertz CT molecular complexity index is 1860. The number of hydrogen-bond acceptors (Lipinski definition) is 15. The van der Waals surface area contributed by atoms with Crippen LogP contribution in [0.5, 0.6) is 0 Å². The monoisotopic (exact) mass is 1420 g/mol. The van der Waals surface area contributed by atoms with Gasteiger partial charge in [0.25, 0.3) is 0 Å². The van der Waals surface area contributed by atoms with E-state index in [0.717, 1.165) is 102 Å². The van der Waals surface area contributed by atoms with Gasteiger partial charge in [0.1, 0.15) is 19.3 Å². The number of rotatable bonds is 78. The fourth-order valence-corrected chi connectivity index (χ4v) is 13.6. The molecule has 0 amide bonds. The van der Waals surface area contributed by atoms with E-state index >= 15 is 0 Å². The molecule has 17 nitrogen and oxygen atoms in total. The third kappa shape index (κ3) is 70.9. The van der Waals surface area contributed by atoms with E-state index in [2.05, 4.69) is 34.6 Å². The summed E-state index contributed by atoms with van der Waals surface area (Å²) >= 11 is 0. The number of hydrogen-bond donors (Lipinski definition) is 3. The predicted octanol–water partition coefficient (Wildman–Crippen LogP) is 23.3. The minimum Gasteiger partial charge on any atom is -0.462 e. The van der Waals surface area contributed by atoms with E-state index < -0.39 is 97.5 Å². The molecule has 0 bridgehead atoms. The molecule has 0 aromatic rings. The summed E-state index contributed by atoms with van der Waals surface area (Å²) in [5.41, 5.74) is 0. The lowest BCUT2D eigenvalue weighted by atomic mass is 9.99. The SMILES string of the molecule is CCCCCCCCCCCCCCCCCCCCCC(=O)O[C@H](COC(=O)CCCCCCCCCCCCCCCCC(C)CC)COP(=O)(O)OC[C@@H](O)COP(=O)(O)OC[C@@H](COC(=O)CCCCCCCCCC)OC(=O)CCCCCCCCCCCCCC. The van der Waals surface area contributed by atoms with E-state index in [1.807, 2.05) is 0 Å². The molecule has 0 aliphatic rings. The van der Waals surface area contributed by atoms with Crippen molar-refractivity contribution in [2.45, 2.75) is 432 Å². The number of carbonyl (C=O) groups excluding carboxylic acids is 4. The second-order valence-corrected chi connectivity index (χ2v) is 31.3. The molecule has 0 aliphatic carbocycles. The molecule has 576 valence electrons. The van der Waals surface area contributed by atoms with Crippen LogP contribution in [0.3, 0.4) is 0 Å². The Labute approximate surface area is 594 Å². The van der Waals surface area contributed by atoms with Crippen molar-refractivity contribution in [1.29, 1.82) is 0 Å². The highest BCUT2D eigenvalue weighted by Crippen LogP contribution is 2.45. The van der Waals surface area contributed by atoms with Gasteiger partial charge in [-0.25, -0.2) is 9.13 Å². The molecule has 0 aromatic carbocycles. The Morgan fingerprint density at radius 2 is 0.495 bits per heavy atom. The first kappa shape index (κ1) is 95.1. The van der Waals surface area contributed by atoms with Gasteiger partial charge in [0.15, 0.2) is 12.2 Å². The molecular formula is C78H152O17P2. The molecule has 3 unspecified atom stereocenters. The van der Waals surface area contributed by atoms with Crippen molar-refractivity contribution in [1.82, 2.24) is 0 Å². The molecule has 0 saturated carbocycles. The second kappa shape index (κ2) is 71.1. The number of esters is 4. The van der Waals surface area contributed by atoms with Gasteiger partial charge < -0.3 is 33.8 Å². The van der Waals surface area contributed by atoms with E-state index in [9.17, 15) is 43.2 Å². The Hall–Kier alpha value is -1.94. The molecule has 97 heavy (non-hydrogen) atoms. The molecule has 0 rings (SSSR count). The van der Waals surface area contributed by atoms with Crippen molar-refractivity contribution in [2.24, 2.45) is 5.92 Å². The molecule has 0 aromatic heterocycles. The third-order valence-electron chi connectivity index (χ3n) is 18.6. The van der Waals surface area contributed by atoms with Crippen molar-refractivity contribution in [3.63, 3.8) is 0 Å². The van der Waals surface area contributed by atoms with Gasteiger partial charge in [-0.1, -0.05) is 362 Å². The lowest BCUT2D eigenvalue weighted by Crippen LogP contribution is -2.30. The fraction of sp³-hybridized carbons (Fsp3) is 0.949. The average molecular weight is 1420 g/mol. The highest BCUT2D eigenvalue weighted by Gasteiger charge is 2.30. The zero-order valence-electron chi connectivity index (χ0n) is 63.2. The van der Waals surface area contributed by atoms with Crippen LogP contribution in [0.25, 0.3) is 0 Å². The normalized spacial score (nSPS) is 14.2. The van der Waals surface area contributed by atoms with Crippen molar-refractivity contribution < 1.29 is 80.2 Å². The minimum atomic E-state index is -4.96. The molecule has 0 heterocycles. The van der Waals surface area contributed by atoms with E-state index in [0.29, 0.717) is 25.7 Å². The number of phosphoric ester groups is 2. The number of unbranched alkanes of at least 4 members (excludes halogenated alkanes) is 49. The summed E-state index contributed by atoms with van der Waals surface area (Å²) in [5, 5.41) is 10.6. The number of carbonyl (C=O) groups is 4. The number of phosphoric acid groups is 2. The number of aliphatic hydroxyl groups excluding tert-OH is 1. The van der Waals surface area contributed by atoms with Crippen LogP contribution in [0.2, 0.25) is 0 Å². The van der Waals surface area contributed by atoms with Crippen LogP contribution < -0.4 is 0 Å². The topological polar surface area (TPSA) is 237 Å². The van der Waals surface area contributed by atoms with Crippen LogP contribution in [0, 0.1) is 5.92 Å². The standard InChI is InChI=1S/C78H152O17P2/c1-6-10-13-16-19-22-24-26-27-28-29-30-31-36-40-44-49-54-59-64-78(83)95-74(68-89-76(81)62-57-52-47-42-39-35-33-32-34-37-41-45-50-55-60-71(5)9-4)70-93-97(86,87)91-66-72(79)65-90-96(84,85)92-69-73(67-88-75(80)61-56-51-46-21-18-15-12-8-3)94-77(82)63-58-53-48-43-38-25-23-20-17-14-11-7-2/h71-74,79H,6-70H2,1-5H3,(H,84,85)(H,86,87)/t71?,72-,73+,74+/m0/s1. The Morgan fingerprint density at radius 3 is 0.732 bits per heavy atom. The summed E-state index contributed by atoms with van der Waals surface area (Å²) in [6.07, 6.45) is 61.0. The van der Waals surface area contributed by atoms with Crippen molar-refractivity contribution in [3.8, 4) is 0 Å². The summed E-state index contributed by atoms with van der Waals surface area (Å²) in [5.74, 6) is -1.26. The summed E-state index contributed by atoms with van der Waals surface area (Å²) in [7, 11) is -9.91. The van der Waals surface area contributed by atoms with Gasteiger partial charge >= 0.3 is 39.5 Å². The maximum Gasteiger partial charge on any atom is 0.472 e. The van der Waals surface area contributed by atoms with Gasteiger partial charge in [0.2, 0.25) is 0 Å². The summed E-state index contributed by atoms with van der Waals surface area (Å²) in [6, 6.07) is 0. The highest BCUT2D eigenvalue weighted by molar-refractivity contribution is 7.47. The van der Waals surface area contributed by atoms with Gasteiger partial charge in [-0.05, 0) is 31.6 Å². The predicted molar refractivity (Wildman–Crippen MR) is 395 cm³/mol. The summed E-state index contributed by atoms with van der Waals surface area (Å²) in [6.45, 7) is 7.34. The van der Waals surface area contributed by atoms with Crippen LogP contribution in [-0.2, 0) is 65.4 Å². The quantitative estimate of drug-likeness (QED) is 0.0222. The molecule has 0 aliphatic heterocycles. The first-order chi connectivity index (χ1) is 47.1. The Morgan fingerprint density at radius 1 is 0.289 bits per heavy atom. The molecule has 6 atom stereocenters. The first-order valence-electron chi connectivity index (χ1n) is 40.7. The van der Waals surface area contributed by atoms with Gasteiger partial charge in [0, 0.05) is 25.7 Å². The molecule has 19 heteroatoms. The van der Waals surface area contributed by atoms with E-state index in [-0.39, 0.29) is 25.7 Å². The smallest absolute Gasteiger partial charge is 0.462 e. The second-order valence-electron chi connectivity index (χ2n) is 28.3. The van der Waals surface area contributed by atoms with Crippen LogP contribution in [0.1, 0.15) is 413 Å². The zero-order valence-corrected chi connectivity index (χ0v) is 65.0. The van der Waals surface area contributed by atoms with Gasteiger partial charge in [-0.15, -0.1) is 0 Å². The molecule has 0 radical (unpaired) electrons. The first-order valence-corrected chi connectivity index (χ1v) is 43.7. The summed E-state index contributed by atoms with van der Waals surface area (Å²) < 4.78 is 68.5. The van der Waals surface area contributed by atoms with E-state index in [1.54, 1.807) is 0 Å². The lowest BCUT2D eigenvalue weighted by molar-refractivity contribution is -0.161. The fourth-order valence-electron chi connectivity index (χ4n) is 12.0. The molecular weight excluding hydrogens is 1270 g/mol. The van der Waals surface area contributed by atoms with Gasteiger partial charge in [-0.2, -0.15) is 0 Å². The van der Waals surface area contributed by atoms with Crippen LogP contribution in [0.4, 0.5) is 0 Å². The van der Waals surface area contributed by atoms with Crippen LogP contribution >= 0.6 is 15.6 Å². The van der Waals surface area contributed by atoms with E-state index in [1.165, 1.54) is 231 Å². The lowest BCUT2D eigenvalue weighted by Gasteiger charge is -2.21. The van der Waals surface area contributed by atoms with Crippen molar-refractivity contribution in [2.75, 3.05) is 39.6 Å². The molecule has 3 N–H and O–H groups in total. The highest BCUT2D eigenvalue weighted by atomic mass is 31.2. The average Bonchev–Trinajstić information content (AvgIpc) is 1.85. The van der Waals surface area contributed by atoms with Crippen molar-refractivity contribution >= 4 is 39.5 Å². The summed E-state index contributed by atoms with van der Waals surface area (Å²) in [4.78, 5) is 72.8. The molecule has 0 fully saturated rings. The Kier molecular flexibility index (Phi) is 69.6. The zero-order chi connectivity index (χ0) is 71.2. The van der Waals surface area contributed by atoms with Gasteiger partial charge in [0.05, 0.1) is 26.4 Å². The molecule has 0 spiro atoms. The molecule has 0 saturated heterocycles. The maximum atomic E-state index is 13.1. The largest absolute Gasteiger partial charge is 0.472 e.